The number of amides is 1. The van der Waals surface area contributed by atoms with Crippen LogP contribution in [0.4, 0.5) is 10.1 Å². The van der Waals surface area contributed by atoms with E-state index in [9.17, 15) is 9.18 Å². The molecule has 0 saturated heterocycles. The summed E-state index contributed by atoms with van der Waals surface area (Å²) in [6.07, 6.45) is 2.80. The zero-order valence-electron chi connectivity index (χ0n) is 12.1. The number of nitrogens with one attached hydrogen (secondary N) is 1. The van der Waals surface area contributed by atoms with Gasteiger partial charge in [-0.05, 0) is 42.5 Å². The highest BCUT2D eigenvalue weighted by Gasteiger charge is 2.10. The summed E-state index contributed by atoms with van der Waals surface area (Å²) in [5.41, 5.74) is 1.46. The molecular formula is C17H10Cl2FN3O. The van der Waals surface area contributed by atoms with Gasteiger partial charge in [-0.1, -0.05) is 23.2 Å². The first-order chi connectivity index (χ1) is 11.5. The van der Waals surface area contributed by atoms with E-state index in [1.54, 1.807) is 30.3 Å². The molecule has 0 saturated carbocycles. The molecule has 0 unspecified atom stereocenters. The average Bonchev–Trinajstić information content (AvgIpc) is 2.59. The number of rotatable bonds is 3. The van der Waals surface area contributed by atoms with E-state index in [4.69, 9.17) is 23.2 Å². The Morgan fingerprint density at radius 3 is 2.25 bits per heavy atom. The average molecular weight is 362 g/mol. The first kappa shape index (κ1) is 16.4. The molecule has 3 aromatic rings. The van der Waals surface area contributed by atoms with Crippen molar-refractivity contribution >= 4 is 34.8 Å². The van der Waals surface area contributed by atoms with Crippen molar-refractivity contribution in [2.45, 2.75) is 0 Å². The third-order valence-electron chi connectivity index (χ3n) is 3.19. The molecule has 0 bridgehead atoms. The van der Waals surface area contributed by atoms with Crippen LogP contribution in [0.15, 0.2) is 54.9 Å². The summed E-state index contributed by atoms with van der Waals surface area (Å²) in [6.45, 7) is 0. The van der Waals surface area contributed by atoms with E-state index in [1.807, 2.05) is 0 Å². The number of hydrogen-bond acceptors (Lipinski definition) is 3. The first-order valence-corrected chi connectivity index (χ1v) is 7.63. The molecule has 1 amide bonds. The number of carbonyl (C=O) groups is 1. The maximum Gasteiger partial charge on any atom is 0.258 e. The molecule has 24 heavy (non-hydrogen) atoms. The monoisotopic (exact) mass is 361 g/mol. The van der Waals surface area contributed by atoms with Gasteiger partial charge in [-0.3, -0.25) is 4.79 Å². The molecule has 1 N–H and O–H groups in total. The lowest BCUT2D eigenvalue weighted by Crippen LogP contribution is -2.12. The lowest BCUT2D eigenvalue weighted by molar-refractivity contribution is 0.102. The van der Waals surface area contributed by atoms with E-state index >= 15 is 0 Å². The zero-order chi connectivity index (χ0) is 17.1. The molecule has 0 aliphatic rings. The van der Waals surface area contributed by atoms with Crippen molar-refractivity contribution in [1.29, 1.82) is 0 Å². The molecule has 0 radical (unpaired) electrons. The molecule has 3 rings (SSSR count). The molecule has 1 heterocycles. The summed E-state index contributed by atoms with van der Waals surface area (Å²) in [6, 6.07) is 10.6. The van der Waals surface area contributed by atoms with E-state index in [0.717, 1.165) is 0 Å². The van der Waals surface area contributed by atoms with Crippen LogP contribution in [0.3, 0.4) is 0 Å². The van der Waals surface area contributed by atoms with Gasteiger partial charge in [-0.25, -0.2) is 14.4 Å². The Bertz CT molecular complexity index is 883. The second kappa shape index (κ2) is 6.95. The van der Waals surface area contributed by atoms with Crippen molar-refractivity contribution in [3.63, 3.8) is 0 Å². The molecule has 0 fully saturated rings. The second-order valence-electron chi connectivity index (χ2n) is 4.89. The molecule has 0 spiro atoms. The Morgan fingerprint density at radius 2 is 1.62 bits per heavy atom. The van der Waals surface area contributed by atoms with Gasteiger partial charge in [-0.15, -0.1) is 0 Å². The van der Waals surface area contributed by atoms with Crippen LogP contribution in [0, 0.1) is 5.82 Å². The number of aromatic nitrogens is 2. The predicted molar refractivity (Wildman–Crippen MR) is 91.8 cm³/mol. The Labute approximate surface area is 147 Å². The highest BCUT2D eigenvalue weighted by Crippen LogP contribution is 2.25. The third kappa shape index (κ3) is 3.69. The maximum atomic E-state index is 12.9. The fourth-order valence-electron chi connectivity index (χ4n) is 1.97. The zero-order valence-corrected chi connectivity index (χ0v) is 13.6. The van der Waals surface area contributed by atoms with Gasteiger partial charge in [0.2, 0.25) is 0 Å². The summed E-state index contributed by atoms with van der Waals surface area (Å²) >= 11 is 11.7. The van der Waals surface area contributed by atoms with Crippen molar-refractivity contribution in [3.8, 4) is 11.4 Å². The lowest BCUT2D eigenvalue weighted by atomic mass is 10.2. The SMILES string of the molecule is O=C(Nc1ccc(Cl)c(Cl)c1)c1cnc(-c2ccc(F)cc2)nc1. The normalized spacial score (nSPS) is 10.5. The van der Waals surface area contributed by atoms with E-state index < -0.39 is 0 Å². The predicted octanol–water partition coefficient (Wildman–Crippen LogP) is 4.84. The van der Waals surface area contributed by atoms with Crippen LogP contribution in [0.2, 0.25) is 10.0 Å². The molecule has 7 heteroatoms. The summed E-state index contributed by atoms with van der Waals surface area (Å²) in [5.74, 6) is -0.309. The third-order valence-corrected chi connectivity index (χ3v) is 3.93. The highest BCUT2D eigenvalue weighted by atomic mass is 35.5. The van der Waals surface area contributed by atoms with E-state index in [-0.39, 0.29) is 17.3 Å². The van der Waals surface area contributed by atoms with Crippen molar-refractivity contribution < 1.29 is 9.18 Å². The summed E-state index contributed by atoms with van der Waals surface area (Å²) < 4.78 is 12.9. The topological polar surface area (TPSA) is 54.9 Å². The second-order valence-corrected chi connectivity index (χ2v) is 5.70. The van der Waals surface area contributed by atoms with Gasteiger partial charge in [0.15, 0.2) is 5.82 Å². The van der Waals surface area contributed by atoms with Crippen molar-refractivity contribution in [1.82, 2.24) is 9.97 Å². The van der Waals surface area contributed by atoms with Crippen molar-refractivity contribution in [2.24, 2.45) is 0 Å². The maximum absolute atomic E-state index is 12.9. The van der Waals surface area contributed by atoms with Crippen molar-refractivity contribution in [3.05, 3.63) is 76.3 Å². The van der Waals surface area contributed by atoms with Crippen LogP contribution < -0.4 is 5.32 Å². The van der Waals surface area contributed by atoms with Gasteiger partial charge in [0.05, 0.1) is 15.6 Å². The number of carbonyl (C=O) groups excluding carboxylic acids is 1. The minimum absolute atomic E-state index is 0.284. The van der Waals surface area contributed by atoms with E-state index in [2.05, 4.69) is 15.3 Å². The van der Waals surface area contributed by atoms with Gasteiger partial charge in [0.25, 0.3) is 5.91 Å². The van der Waals surface area contributed by atoms with Gasteiger partial charge in [0, 0.05) is 23.6 Å². The van der Waals surface area contributed by atoms with Crippen LogP contribution in [0.25, 0.3) is 11.4 Å². The number of hydrogen-bond donors (Lipinski definition) is 1. The quantitative estimate of drug-likeness (QED) is 0.725. The molecule has 1 aromatic heterocycles. The Kier molecular flexibility index (Phi) is 4.74. The van der Waals surface area contributed by atoms with Crippen LogP contribution in [-0.2, 0) is 0 Å². The Balaban J connectivity index is 1.76. The Morgan fingerprint density at radius 1 is 0.958 bits per heavy atom. The fraction of sp³-hybridized carbons (Fsp3) is 0. The van der Waals surface area contributed by atoms with E-state index in [0.29, 0.717) is 27.1 Å². The number of benzene rings is 2. The van der Waals surface area contributed by atoms with Crippen LogP contribution >= 0.6 is 23.2 Å². The highest BCUT2D eigenvalue weighted by molar-refractivity contribution is 6.42. The van der Waals surface area contributed by atoms with Crippen LogP contribution in [0.1, 0.15) is 10.4 Å². The number of nitrogens with zero attached hydrogens (tertiary/aromatic N) is 2. The molecule has 0 aliphatic carbocycles. The lowest BCUT2D eigenvalue weighted by Gasteiger charge is -2.06. The molecule has 0 atom stereocenters. The van der Waals surface area contributed by atoms with Gasteiger partial charge in [-0.2, -0.15) is 0 Å². The van der Waals surface area contributed by atoms with Crippen LogP contribution in [0.5, 0.6) is 0 Å². The smallest absolute Gasteiger partial charge is 0.258 e. The van der Waals surface area contributed by atoms with E-state index in [1.165, 1.54) is 24.5 Å². The largest absolute Gasteiger partial charge is 0.322 e. The Hall–Kier alpha value is -2.50. The standard InChI is InChI=1S/C17H10Cl2FN3O/c18-14-6-5-13(7-15(14)19)23-17(24)11-8-21-16(22-9-11)10-1-3-12(20)4-2-10/h1-9H,(H,23,24). The fourth-order valence-corrected chi connectivity index (χ4v) is 2.27. The molecule has 2 aromatic carbocycles. The van der Waals surface area contributed by atoms with Crippen LogP contribution in [-0.4, -0.2) is 15.9 Å². The molecule has 120 valence electrons. The summed E-state index contributed by atoms with van der Waals surface area (Å²) in [5, 5.41) is 3.43. The minimum Gasteiger partial charge on any atom is -0.322 e. The number of halogens is 3. The van der Waals surface area contributed by atoms with Gasteiger partial charge in [0.1, 0.15) is 5.82 Å². The molecular weight excluding hydrogens is 352 g/mol. The van der Waals surface area contributed by atoms with Crippen molar-refractivity contribution in [2.75, 3.05) is 5.32 Å². The molecule has 4 nitrogen and oxygen atoms in total. The summed E-state index contributed by atoms with van der Waals surface area (Å²) in [7, 11) is 0. The van der Waals surface area contributed by atoms with Gasteiger partial charge < -0.3 is 5.32 Å². The van der Waals surface area contributed by atoms with Gasteiger partial charge >= 0.3 is 0 Å². The minimum atomic E-state index is -0.376. The first-order valence-electron chi connectivity index (χ1n) is 6.87. The summed E-state index contributed by atoms with van der Waals surface area (Å²) in [4.78, 5) is 20.4. The number of anilines is 1. The molecule has 0 aliphatic heterocycles.